The second-order valence-corrected chi connectivity index (χ2v) is 4.57. The molecule has 1 fully saturated rings. The van der Waals surface area contributed by atoms with Gasteiger partial charge in [0.05, 0.1) is 12.1 Å². The zero-order valence-corrected chi connectivity index (χ0v) is 12.1. The summed E-state index contributed by atoms with van der Waals surface area (Å²) in [6.07, 6.45) is 3.10. The topological polar surface area (TPSA) is 59.6 Å². The van der Waals surface area contributed by atoms with Crippen LogP contribution in [0.4, 0.5) is 0 Å². The molecule has 0 aromatic carbocycles. The van der Waals surface area contributed by atoms with Crippen LogP contribution < -0.4 is 10.6 Å². The second-order valence-electron chi connectivity index (χ2n) is 4.57. The van der Waals surface area contributed by atoms with Gasteiger partial charge in [0.25, 0.3) is 0 Å². The summed E-state index contributed by atoms with van der Waals surface area (Å²) in [4.78, 5) is 11.5. The average molecular weight is 281 g/mol. The zero-order valence-electron chi connectivity index (χ0n) is 11.3. The number of nitrogens with one attached hydrogen (secondary N) is 2. The molecule has 1 aliphatic rings. The summed E-state index contributed by atoms with van der Waals surface area (Å²) < 4.78 is 10.4. The third-order valence-electron chi connectivity index (χ3n) is 2.96. The van der Waals surface area contributed by atoms with E-state index in [2.05, 4.69) is 10.6 Å². The number of amides is 1. The Balaban J connectivity index is 0.00000289. The molecule has 1 unspecified atom stereocenters. The molecule has 1 atom stereocenters. The number of halogens is 1. The molecule has 0 aromatic rings. The first kappa shape index (κ1) is 17.6. The summed E-state index contributed by atoms with van der Waals surface area (Å²) in [6, 6.07) is 0. The van der Waals surface area contributed by atoms with Crippen molar-refractivity contribution >= 4 is 18.3 Å². The van der Waals surface area contributed by atoms with E-state index in [9.17, 15) is 4.79 Å². The number of ether oxygens (including phenoxy) is 2. The van der Waals surface area contributed by atoms with Gasteiger partial charge in [-0.3, -0.25) is 4.79 Å². The van der Waals surface area contributed by atoms with Gasteiger partial charge in [0.1, 0.15) is 6.61 Å². The molecule has 1 amide bonds. The first-order valence-corrected chi connectivity index (χ1v) is 6.31. The van der Waals surface area contributed by atoms with Gasteiger partial charge in [-0.15, -0.1) is 12.4 Å². The van der Waals surface area contributed by atoms with Crippen LogP contribution in [-0.2, 0) is 14.3 Å². The summed E-state index contributed by atoms with van der Waals surface area (Å²) in [7, 11) is 1.69. The van der Waals surface area contributed by atoms with Gasteiger partial charge in [-0.25, -0.2) is 0 Å². The highest BCUT2D eigenvalue weighted by Crippen LogP contribution is 2.18. The number of hydrogen-bond donors (Lipinski definition) is 2. The van der Waals surface area contributed by atoms with Gasteiger partial charge in [-0.05, 0) is 25.8 Å². The van der Waals surface area contributed by atoms with Crippen LogP contribution >= 0.6 is 12.4 Å². The van der Waals surface area contributed by atoms with Crippen molar-refractivity contribution in [1.82, 2.24) is 10.6 Å². The zero-order chi connectivity index (χ0) is 12.6. The molecule has 0 saturated carbocycles. The van der Waals surface area contributed by atoms with E-state index >= 15 is 0 Å². The van der Waals surface area contributed by atoms with Crippen molar-refractivity contribution in [3.63, 3.8) is 0 Å². The van der Waals surface area contributed by atoms with Gasteiger partial charge in [0.15, 0.2) is 0 Å². The average Bonchev–Trinajstić information content (AvgIpc) is 2.77. The molecule has 0 radical (unpaired) electrons. The Labute approximate surface area is 115 Å². The number of hydrogen-bond acceptors (Lipinski definition) is 4. The van der Waals surface area contributed by atoms with Crippen molar-refractivity contribution in [2.24, 2.45) is 0 Å². The molecule has 0 spiro atoms. The summed E-state index contributed by atoms with van der Waals surface area (Å²) in [5, 5.41) is 6.32. The van der Waals surface area contributed by atoms with E-state index in [1.54, 1.807) is 7.11 Å². The molecule has 1 saturated heterocycles. The van der Waals surface area contributed by atoms with Crippen molar-refractivity contribution in [2.45, 2.75) is 31.7 Å². The van der Waals surface area contributed by atoms with Crippen molar-refractivity contribution in [2.75, 3.05) is 40.0 Å². The van der Waals surface area contributed by atoms with Crippen molar-refractivity contribution in [1.29, 1.82) is 0 Å². The van der Waals surface area contributed by atoms with Gasteiger partial charge >= 0.3 is 0 Å². The van der Waals surface area contributed by atoms with Gasteiger partial charge in [-0.1, -0.05) is 6.92 Å². The molecular weight excluding hydrogens is 256 g/mol. The van der Waals surface area contributed by atoms with Crippen LogP contribution in [0.1, 0.15) is 26.2 Å². The molecule has 108 valence electrons. The molecular formula is C12H25ClN2O3. The standard InChI is InChI=1S/C12H24N2O3.ClH/c1-3-7-17-8-11(15)13-9-12(10-16-2)5-4-6-14-12;/h14H,3-10H2,1-2H3,(H,13,15);1H. The predicted octanol–water partition coefficient (Wildman–Crippen LogP) is 0.720. The van der Waals surface area contributed by atoms with E-state index in [0.717, 1.165) is 25.8 Å². The molecule has 0 bridgehead atoms. The van der Waals surface area contributed by atoms with Gasteiger partial charge in [-0.2, -0.15) is 0 Å². The van der Waals surface area contributed by atoms with E-state index in [1.165, 1.54) is 0 Å². The van der Waals surface area contributed by atoms with E-state index in [-0.39, 0.29) is 30.5 Å². The predicted molar refractivity (Wildman–Crippen MR) is 73.2 cm³/mol. The van der Waals surface area contributed by atoms with Crippen LogP contribution in [-0.4, -0.2) is 51.5 Å². The Morgan fingerprint density at radius 3 is 2.83 bits per heavy atom. The highest BCUT2D eigenvalue weighted by Gasteiger charge is 2.33. The molecule has 1 heterocycles. The van der Waals surface area contributed by atoms with Gasteiger partial charge in [0, 0.05) is 20.3 Å². The lowest BCUT2D eigenvalue weighted by Gasteiger charge is -2.28. The summed E-state index contributed by atoms with van der Waals surface area (Å²) >= 11 is 0. The monoisotopic (exact) mass is 280 g/mol. The maximum absolute atomic E-state index is 11.5. The normalized spacial score (nSPS) is 22.6. The van der Waals surface area contributed by atoms with Crippen LogP contribution in [0, 0.1) is 0 Å². The van der Waals surface area contributed by atoms with Crippen molar-refractivity contribution in [3.05, 3.63) is 0 Å². The molecule has 0 aromatic heterocycles. The molecule has 2 N–H and O–H groups in total. The van der Waals surface area contributed by atoms with Crippen LogP contribution in [0.25, 0.3) is 0 Å². The third-order valence-corrected chi connectivity index (χ3v) is 2.96. The summed E-state index contributed by atoms with van der Waals surface area (Å²) in [5.41, 5.74) is -0.0881. The first-order chi connectivity index (χ1) is 8.22. The third kappa shape index (κ3) is 6.00. The Kier molecular flexibility index (Phi) is 9.36. The number of carbonyl (C=O) groups excluding carboxylic acids is 1. The number of rotatable bonds is 8. The van der Waals surface area contributed by atoms with Crippen molar-refractivity contribution in [3.8, 4) is 0 Å². The largest absolute Gasteiger partial charge is 0.383 e. The Bertz CT molecular complexity index is 233. The fourth-order valence-electron chi connectivity index (χ4n) is 2.10. The minimum Gasteiger partial charge on any atom is -0.383 e. The molecule has 5 nitrogen and oxygen atoms in total. The lowest BCUT2D eigenvalue weighted by atomic mass is 9.99. The lowest BCUT2D eigenvalue weighted by molar-refractivity contribution is -0.126. The lowest BCUT2D eigenvalue weighted by Crippen LogP contribution is -2.53. The quantitative estimate of drug-likeness (QED) is 0.643. The highest BCUT2D eigenvalue weighted by atomic mass is 35.5. The summed E-state index contributed by atoms with van der Waals surface area (Å²) in [5.74, 6) is -0.0531. The Morgan fingerprint density at radius 2 is 2.28 bits per heavy atom. The first-order valence-electron chi connectivity index (χ1n) is 6.31. The van der Waals surface area contributed by atoms with Crippen LogP contribution in [0.2, 0.25) is 0 Å². The number of carbonyl (C=O) groups is 1. The van der Waals surface area contributed by atoms with Crippen LogP contribution in [0.3, 0.4) is 0 Å². The van der Waals surface area contributed by atoms with Gasteiger partial charge in [0.2, 0.25) is 5.91 Å². The smallest absolute Gasteiger partial charge is 0.246 e. The second kappa shape index (κ2) is 9.55. The minimum atomic E-state index is -0.0881. The molecule has 1 rings (SSSR count). The fraction of sp³-hybridized carbons (Fsp3) is 0.917. The van der Waals surface area contributed by atoms with Crippen LogP contribution in [0.15, 0.2) is 0 Å². The fourth-order valence-corrected chi connectivity index (χ4v) is 2.10. The van der Waals surface area contributed by atoms with Gasteiger partial charge < -0.3 is 20.1 Å². The molecule has 6 heteroatoms. The van der Waals surface area contributed by atoms with Crippen LogP contribution in [0.5, 0.6) is 0 Å². The molecule has 18 heavy (non-hydrogen) atoms. The van der Waals surface area contributed by atoms with E-state index in [1.807, 2.05) is 6.92 Å². The maximum Gasteiger partial charge on any atom is 0.246 e. The van der Waals surface area contributed by atoms with E-state index < -0.39 is 0 Å². The summed E-state index contributed by atoms with van der Waals surface area (Å²) in [6.45, 7) is 5.03. The Morgan fingerprint density at radius 1 is 1.50 bits per heavy atom. The van der Waals surface area contributed by atoms with E-state index in [4.69, 9.17) is 9.47 Å². The number of methoxy groups -OCH3 is 1. The minimum absolute atomic E-state index is 0. The molecule has 1 aliphatic heterocycles. The molecule has 0 aliphatic carbocycles. The highest BCUT2D eigenvalue weighted by molar-refractivity contribution is 5.85. The Hall–Kier alpha value is -0.360. The van der Waals surface area contributed by atoms with Crippen molar-refractivity contribution < 1.29 is 14.3 Å². The SMILES string of the molecule is CCCOCC(=O)NCC1(COC)CCCN1.Cl. The maximum atomic E-state index is 11.5. The van der Waals surface area contributed by atoms with E-state index in [0.29, 0.717) is 19.8 Å².